The number of aliphatic hydroxyl groups excluding tert-OH is 2. The highest BCUT2D eigenvalue weighted by Crippen LogP contribution is 2.52. The van der Waals surface area contributed by atoms with Crippen LogP contribution < -0.4 is 16.9 Å². The van der Waals surface area contributed by atoms with E-state index in [-0.39, 0.29) is 47.5 Å². The largest absolute Gasteiger partial charge is 0.512 e. The molecule has 174 valence electrons. The molecule has 1 fully saturated rings. The quantitative estimate of drug-likeness (QED) is 0.255. The van der Waals surface area contributed by atoms with E-state index in [0.717, 1.165) is 0 Å². The number of Topliss-reactive ketones (excluding diaryl/α,β-unsaturated/α-hetero) is 1. The number of urea groups is 1. The van der Waals surface area contributed by atoms with Crippen molar-refractivity contribution in [1.82, 2.24) is 5.43 Å². The van der Waals surface area contributed by atoms with E-state index in [1.165, 1.54) is 6.07 Å². The van der Waals surface area contributed by atoms with Crippen molar-refractivity contribution in [3.05, 3.63) is 45.7 Å². The molecular formula is C22H24N4O7. The van der Waals surface area contributed by atoms with Crippen molar-refractivity contribution in [2.24, 2.45) is 28.4 Å². The van der Waals surface area contributed by atoms with E-state index in [1.807, 2.05) is 0 Å². The molecule has 3 atom stereocenters. The Morgan fingerprint density at radius 3 is 2.52 bits per heavy atom. The third kappa shape index (κ3) is 3.41. The van der Waals surface area contributed by atoms with Gasteiger partial charge in [-0.3, -0.25) is 9.59 Å². The summed E-state index contributed by atoms with van der Waals surface area (Å²) in [5.74, 6) is -3.89. The molecule has 1 aromatic rings. The van der Waals surface area contributed by atoms with Crippen LogP contribution in [0.3, 0.4) is 0 Å². The number of rotatable bonds is 3. The Morgan fingerprint density at radius 1 is 1.18 bits per heavy atom. The molecule has 9 N–H and O–H groups in total. The first-order valence-electron chi connectivity index (χ1n) is 10.3. The fourth-order valence-electron chi connectivity index (χ4n) is 5.21. The molecular weight excluding hydrogens is 432 g/mol. The van der Waals surface area contributed by atoms with Gasteiger partial charge in [0.15, 0.2) is 5.78 Å². The number of nitrogens with one attached hydrogen (secondary N) is 1. The van der Waals surface area contributed by atoms with Gasteiger partial charge in [0.05, 0.1) is 16.8 Å². The molecule has 1 aromatic carbocycles. The lowest BCUT2D eigenvalue weighted by atomic mass is 9.59. The fraction of sp³-hybridized carbons (Fsp3) is 0.364. The average Bonchev–Trinajstić information content (AvgIpc) is 2.73. The molecule has 3 aliphatic carbocycles. The first kappa shape index (κ1) is 22.3. The summed E-state index contributed by atoms with van der Waals surface area (Å²) in [6.07, 6.45) is -0.0895. The van der Waals surface area contributed by atoms with Gasteiger partial charge >= 0.3 is 6.03 Å². The molecule has 0 unspecified atom stereocenters. The van der Waals surface area contributed by atoms with Gasteiger partial charge in [-0.15, -0.1) is 0 Å². The summed E-state index contributed by atoms with van der Waals surface area (Å²) in [5.41, 5.74) is 11.7. The second kappa shape index (κ2) is 7.62. The van der Waals surface area contributed by atoms with Gasteiger partial charge in [-0.1, -0.05) is 0 Å². The summed E-state index contributed by atoms with van der Waals surface area (Å²) < 4.78 is 0. The monoisotopic (exact) mass is 456 g/mol. The van der Waals surface area contributed by atoms with Gasteiger partial charge in [-0.2, -0.15) is 5.10 Å². The summed E-state index contributed by atoms with van der Waals surface area (Å²) in [4.78, 5) is 36.1. The summed E-state index contributed by atoms with van der Waals surface area (Å²) in [6, 6.07) is 2.04. The Balaban J connectivity index is 1.83. The number of allylic oxidation sites excluding steroid dienone is 1. The highest BCUT2D eigenvalue weighted by Gasteiger charge is 2.56. The second-order valence-corrected chi connectivity index (χ2v) is 8.68. The SMILES string of the molecule is C/C(=N/NC(N)=O)c1ccc(O)c2c1C[C@@H]1C[C@@H]3CC(O)=C(C(N)=O)C[C@]3(O)C(=O)C1=C2O. The lowest BCUT2D eigenvalue weighted by Gasteiger charge is -2.47. The van der Waals surface area contributed by atoms with Crippen LogP contribution in [0.4, 0.5) is 4.79 Å². The lowest BCUT2D eigenvalue weighted by molar-refractivity contribution is -0.146. The van der Waals surface area contributed by atoms with E-state index in [4.69, 9.17) is 11.5 Å². The van der Waals surface area contributed by atoms with Gasteiger partial charge in [0.2, 0.25) is 5.91 Å². The van der Waals surface area contributed by atoms with Crippen LogP contribution in [-0.4, -0.2) is 49.5 Å². The Kier molecular flexibility index (Phi) is 5.16. The number of nitrogens with zero attached hydrogens (tertiary/aromatic N) is 1. The number of hydrogen-bond donors (Lipinski definition) is 7. The molecule has 4 rings (SSSR count). The number of benzene rings is 1. The Bertz CT molecular complexity index is 1200. The zero-order valence-electron chi connectivity index (χ0n) is 17.8. The van der Waals surface area contributed by atoms with Crippen molar-refractivity contribution < 1.29 is 34.8 Å². The van der Waals surface area contributed by atoms with Crippen LogP contribution in [-0.2, 0) is 16.0 Å². The maximum absolute atomic E-state index is 13.4. The first-order valence-corrected chi connectivity index (χ1v) is 10.3. The molecule has 3 amide bonds. The molecule has 0 aliphatic heterocycles. The predicted molar refractivity (Wildman–Crippen MR) is 116 cm³/mol. The standard InChI is InChI=1S/C22H24N4O7/c1-8(25-26-21(24)32)11-2-3-14(27)17-12(11)5-9-4-10-6-15(28)13(20(23)31)7-22(10,33)19(30)16(9)18(17)29/h2-3,9-10,27-29,33H,4-7H2,1H3,(H2,23,31)(H3,24,26,32)/b25-8-/t9-,10+,22+/m0/s1. The number of phenols is 1. The number of nitrogens with two attached hydrogens (primary N) is 2. The maximum atomic E-state index is 13.4. The second-order valence-electron chi connectivity index (χ2n) is 8.68. The van der Waals surface area contributed by atoms with Crippen LogP contribution in [0.2, 0.25) is 0 Å². The maximum Gasteiger partial charge on any atom is 0.332 e. The van der Waals surface area contributed by atoms with E-state index in [0.29, 0.717) is 16.8 Å². The van der Waals surface area contributed by atoms with Crippen LogP contribution >= 0.6 is 0 Å². The summed E-state index contributed by atoms with van der Waals surface area (Å²) in [6.45, 7) is 1.61. The number of carbonyl (C=O) groups excluding carboxylic acids is 3. The number of aromatic hydroxyl groups is 1. The zero-order chi connectivity index (χ0) is 24.2. The van der Waals surface area contributed by atoms with Crippen LogP contribution in [0.5, 0.6) is 5.75 Å². The smallest absolute Gasteiger partial charge is 0.332 e. The van der Waals surface area contributed by atoms with Crippen LogP contribution in [0.1, 0.15) is 42.9 Å². The number of carbonyl (C=O) groups is 3. The number of primary amides is 2. The number of amides is 3. The topological polar surface area (TPSA) is 209 Å². The molecule has 11 heteroatoms. The summed E-state index contributed by atoms with van der Waals surface area (Å²) in [5, 5.41) is 47.0. The minimum Gasteiger partial charge on any atom is -0.512 e. The highest BCUT2D eigenvalue weighted by atomic mass is 16.3. The summed E-state index contributed by atoms with van der Waals surface area (Å²) >= 11 is 0. The van der Waals surface area contributed by atoms with Crippen molar-refractivity contribution in [3.63, 3.8) is 0 Å². The Hall–Kier alpha value is -3.86. The molecule has 0 aromatic heterocycles. The van der Waals surface area contributed by atoms with Crippen molar-refractivity contribution in [2.45, 2.75) is 38.2 Å². The molecule has 0 heterocycles. The third-order valence-corrected chi connectivity index (χ3v) is 6.78. The number of hydrazone groups is 1. The number of hydrogen-bond acceptors (Lipinski definition) is 8. The highest BCUT2D eigenvalue weighted by molar-refractivity contribution is 6.11. The molecule has 11 nitrogen and oxygen atoms in total. The summed E-state index contributed by atoms with van der Waals surface area (Å²) in [7, 11) is 0. The van der Waals surface area contributed by atoms with Gasteiger partial charge in [-0.25, -0.2) is 10.2 Å². The van der Waals surface area contributed by atoms with Gasteiger partial charge in [0.1, 0.15) is 22.9 Å². The van der Waals surface area contributed by atoms with Crippen molar-refractivity contribution in [2.75, 3.05) is 0 Å². The van der Waals surface area contributed by atoms with Gasteiger partial charge in [0.25, 0.3) is 0 Å². The minimum atomic E-state index is -2.01. The van der Waals surface area contributed by atoms with Crippen molar-refractivity contribution in [3.8, 4) is 5.75 Å². The van der Waals surface area contributed by atoms with Crippen LogP contribution in [0, 0.1) is 11.8 Å². The van der Waals surface area contributed by atoms with Gasteiger partial charge in [0, 0.05) is 29.9 Å². The van der Waals surface area contributed by atoms with E-state index in [9.17, 15) is 34.8 Å². The predicted octanol–water partition coefficient (Wildman–Crippen LogP) is 0.637. The molecule has 0 spiro atoms. The molecule has 0 bridgehead atoms. The number of ketones is 1. The number of aliphatic hydroxyl groups is 3. The minimum absolute atomic E-state index is 0.0344. The van der Waals surface area contributed by atoms with Crippen LogP contribution in [0.25, 0.3) is 5.76 Å². The van der Waals surface area contributed by atoms with Crippen LogP contribution in [0.15, 0.2) is 34.1 Å². The van der Waals surface area contributed by atoms with Gasteiger partial charge < -0.3 is 31.9 Å². The van der Waals surface area contributed by atoms with E-state index in [1.54, 1.807) is 13.0 Å². The molecule has 33 heavy (non-hydrogen) atoms. The molecule has 0 radical (unpaired) electrons. The zero-order valence-corrected chi connectivity index (χ0v) is 17.8. The Labute approximate surface area is 188 Å². The molecule has 0 saturated heterocycles. The number of fused-ring (bicyclic) bond motifs is 3. The Morgan fingerprint density at radius 2 is 1.88 bits per heavy atom. The number of phenolic OH excluding ortho intramolecular Hbond substituents is 1. The first-order chi connectivity index (χ1) is 15.5. The molecule has 1 saturated carbocycles. The van der Waals surface area contributed by atoms with Gasteiger partial charge in [-0.05, 0) is 43.4 Å². The van der Waals surface area contributed by atoms with E-state index < -0.39 is 47.3 Å². The van der Waals surface area contributed by atoms with Crippen molar-refractivity contribution in [1.29, 1.82) is 0 Å². The fourth-order valence-corrected chi connectivity index (χ4v) is 5.21. The average molecular weight is 456 g/mol. The lowest BCUT2D eigenvalue weighted by Crippen LogP contribution is -2.55. The third-order valence-electron chi connectivity index (χ3n) is 6.78. The van der Waals surface area contributed by atoms with E-state index in [2.05, 4.69) is 10.5 Å². The van der Waals surface area contributed by atoms with E-state index >= 15 is 0 Å². The normalized spacial score (nSPS) is 27.0. The van der Waals surface area contributed by atoms with Crippen molar-refractivity contribution >= 4 is 29.2 Å². The molecule has 3 aliphatic rings.